The van der Waals surface area contributed by atoms with E-state index in [0.29, 0.717) is 0 Å². The van der Waals surface area contributed by atoms with Crippen molar-refractivity contribution in [3.63, 3.8) is 0 Å². The second-order valence-electron chi connectivity index (χ2n) is 3.80. The first kappa shape index (κ1) is 14.5. The summed E-state index contributed by atoms with van der Waals surface area (Å²) in [6.07, 6.45) is -0.314. The molecule has 0 aliphatic carbocycles. The number of hydrogen-bond acceptors (Lipinski definition) is 5. The number of primary amides is 1. The molecular formula is C11H13N3O5. The van der Waals surface area contributed by atoms with Crippen LogP contribution in [0.25, 0.3) is 0 Å². The molecule has 1 atom stereocenters. The van der Waals surface area contributed by atoms with Crippen molar-refractivity contribution in [2.24, 2.45) is 11.5 Å². The summed E-state index contributed by atoms with van der Waals surface area (Å²) in [4.78, 5) is 32.8. The maximum absolute atomic E-state index is 11.5. The lowest BCUT2D eigenvalue weighted by Gasteiger charge is -2.11. The summed E-state index contributed by atoms with van der Waals surface area (Å²) in [7, 11) is 0. The van der Waals surface area contributed by atoms with Gasteiger partial charge in [-0.05, 0) is 12.1 Å². The molecule has 8 heteroatoms. The lowest BCUT2D eigenvalue weighted by atomic mass is 10.1. The van der Waals surface area contributed by atoms with Gasteiger partial charge in [-0.3, -0.25) is 9.59 Å². The molecule has 1 aromatic carbocycles. The number of benzene rings is 1. The van der Waals surface area contributed by atoms with Crippen LogP contribution in [0.15, 0.2) is 18.2 Å². The number of anilines is 1. The van der Waals surface area contributed by atoms with Gasteiger partial charge in [-0.2, -0.15) is 0 Å². The average Bonchev–Trinajstić information content (AvgIpc) is 2.27. The highest BCUT2D eigenvalue weighted by molar-refractivity contribution is 5.98. The number of rotatable bonds is 5. The quantitative estimate of drug-likeness (QED) is 0.471. The van der Waals surface area contributed by atoms with Crippen LogP contribution in [0.1, 0.15) is 16.8 Å². The van der Waals surface area contributed by atoms with Gasteiger partial charge in [-0.1, -0.05) is 0 Å². The number of carboxylic acids is 1. The maximum Gasteiger partial charge on any atom is 0.339 e. The molecule has 1 unspecified atom stereocenters. The second kappa shape index (κ2) is 5.83. The standard InChI is InChI=1S/C11H13N3O5/c12-7(4-9(13)16)10(17)14-5-1-2-6(11(18)19)8(15)3-5/h1-3,7,15H,4,12H2,(H2,13,16)(H,14,17)(H,18,19). The van der Waals surface area contributed by atoms with E-state index in [1.54, 1.807) is 0 Å². The van der Waals surface area contributed by atoms with Crippen LogP contribution in [-0.4, -0.2) is 34.0 Å². The van der Waals surface area contributed by atoms with E-state index in [0.717, 1.165) is 12.1 Å². The fourth-order valence-electron chi connectivity index (χ4n) is 1.33. The Morgan fingerprint density at radius 1 is 1.32 bits per heavy atom. The number of nitrogens with two attached hydrogens (primary N) is 2. The summed E-state index contributed by atoms with van der Waals surface area (Å²) in [6, 6.07) is 2.38. The molecule has 1 aromatic rings. The molecule has 0 fully saturated rings. The van der Waals surface area contributed by atoms with Gasteiger partial charge in [-0.15, -0.1) is 0 Å². The van der Waals surface area contributed by atoms with E-state index in [-0.39, 0.29) is 17.7 Å². The van der Waals surface area contributed by atoms with Crippen molar-refractivity contribution in [3.05, 3.63) is 23.8 Å². The van der Waals surface area contributed by atoms with Crippen LogP contribution >= 0.6 is 0 Å². The number of carbonyl (C=O) groups excluding carboxylic acids is 2. The van der Waals surface area contributed by atoms with Gasteiger partial charge in [0.25, 0.3) is 0 Å². The first-order chi connectivity index (χ1) is 8.81. The highest BCUT2D eigenvalue weighted by atomic mass is 16.4. The summed E-state index contributed by atoms with van der Waals surface area (Å²) in [5.74, 6) is -3.16. The monoisotopic (exact) mass is 267 g/mol. The van der Waals surface area contributed by atoms with E-state index >= 15 is 0 Å². The van der Waals surface area contributed by atoms with Crippen molar-refractivity contribution >= 4 is 23.5 Å². The molecule has 0 radical (unpaired) electrons. The Balaban J connectivity index is 2.78. The minimum atomic E-state index is -1.29. The van der Waals surface area contributed by atoms with Crippen LogP contribution in [0.5, 0.6) is 5.75 Å². The van der Waals surface area contributed by atoms with Gasteiger partial charge >= 0.3 is 5.97 Å². The van der Waals surface area contributed by atoms with Gasteiger partial charge in [0.05, 0.1) is 12.5 Å². The maximum atomic E-state index is 11.5. The van der Waals surface area contributed by atoms with Gasteiger partial charge in [0, 0.05) is 11.8 Å². The van der Waals surface area contributed by atoms with E-state index < -0.39 is 29.6 Å². The summed E-state index contributed by atoms with van der Waals surface area (Å²) in [5.41, 5.74) is 10.2. The lowest BCUT2D eigenvalue weighted by Crippen LogP contribution is -2.38. The molecule has 0 aliphatic heterocycles. The molecule has 0 saturated carbocycles. The molecule has 0 aliphatic rings. The third kappa shape index (κ3) is 3.96. The number of aromatic hydroxyl groups is 1. The fraction of sp³-hybridized carbons (Fsp3) is 0.182. The summed E-state index contributed by atoms with van der Waals surface area (Å²) < 4.78 is 0. The Labute approximate surface area is 108 Å². The number of hydrogen-bond donors (Lipinski definition) is 5. The van der Waals surface area contributed by atoms with Crippen LogP contribution in [0.3, 0.4) is 0 Å². The molecule has 19 heavy (non-hydrogen) atoms. The summed E-state index contributed by atoms with van der Waals surface area (Å²) >= 11 is 0. The van der Waals surface area contributed by atoms with Crippen molar-refractivity contribution in [2.45, 2.75) is 12.5 Å². The Kier molecular flexibility index (Phi) is 4.43. The molecule has 0 bridgehead atoms. The van der Waals surface area contributed by atoms with E-state index in [1.165, 1.54) is 6.07 Å². The van der Waals surface area contributed by atoms with Gasteiger partial charge in [0.2, 0.25) is 11.8 Å². The van der Waals surface area contributed by atoms with Gasteiger partial charge in [0.1, 0.15) is 11.3 Å². The van der Waals surface area contributed by atoms with Crippen LogP contribution in [-0.2, 0) is 9.59 Å². The van der Waals surface area contributed by atoms with Crippen LogP contribution in [0.4, 0.5) is 5.69 Å². The smallest absolute Gasteiger partial charge is 0.339 e. The fourth-order valence-corrected chi connectivity index (χ4v) is 1.33. The number of nitrogens with one attached hydrogen (secondary N) is 1. The topological polar surface area (TPSA) is 156 Å². The number of carbonyl (C=O) groups is 3. The van der Waals surface area contributed by atoms with Crippen LogP contribution in [0, 0.1) is 0 Å². The predicted molar refractivity (Wildman–Crippen MR) is 65.5 cm³/mol. The lowest BCUT2D eigenvalue weighted by molar-refractivity contribution is -0.123. The average molecular weight is 267 g/mol. The molecule has 0 heterocycles. The zero-order valence-electron chi connectivity index (χ0n) is 9.79. The van der Waals surface area contributed by atoms with E-state index in [2.05, 4.69) is 5.32 Å². The van der Waals surface area contributed by atoms with Crippen molar-refractivity contribution in [2.75, 3.05) is 5.32 Å². The minimum absolute atomic E-state index is 0.160. The number of carboxylic acid groups (broad SMARTS) is 1. The van der Waals surface area contributed by atoms with Gasteiger partial charge < -0.3 is 27.0 Å². The molecule has 1 rings (SSSR count). The van der Waals surface area contributed by atoms with Crippen LogP contribution < -0.4 is 16.8 Å². The minimum Gasteiger partial charge on any atom is -0.507 e. The normalized spacial score (nSPS) is 11.6. The summed E-state index contributed by atoms with van der Waals surface area (Å²) in [6.45, 7) is 0. The summed E-state index contributed by atoms with van der Waals surface area (Å²) in [5, 5.41) is 20.5. The number of aromatic carboxylic acids is 1. The highest BCUT2D eigenvalue weighted by Crippen LogP contribution is 2.22. The zero-order valence-corrected chi connectivity index (χ0v) is 9.79. The Hall–Kier alpha value is -2.61. The Morgan fingerprint density at radius 2 is 1.95 bits per heavy atom. The molecule has 102 valence electrons. The van der Waals surface area contributed by atoms with E-state index in [1.807, 2.05) is 0 Å². The third-order valence-corrected chi connectivity index (χ3v) is 2.25. The first-order valence-electron chi connectivity index (χ1n) is 5.22. The van der Waals surface area contributed by atoms with Crippen molar-refractivity contribution in [1.29, 1.82) is 0 Å². The Morgan fingerprint density at radius 3 is 2.42 bits per heavy atom. The largest absolute Gasteiger partial charge is 0.507 e. The van der Waals surface area contributed by atoms with Gasteiger partial charge in [-0.25, -0.2) is 4.79 Å². The SMILES string of the molecule is NC(=O)CC(N)C(=O)Nc1ccc(C(=O)O)c(O)c1. The van der Waals surface area contributed by atoms with Gasteiger partial charge in [0.15, 0.2) is 0 Å². The molecule has 0 aromatic heterocycles. The number of phenols is 1. The predicted octanol–water partition coefficient (Wildman–Crippen LogP) is -0.768. The van der Waals surface area contributed by atoms with Crippen molar-refractivity contribution in [3.8, 4) is 5.75 Å². The molecule has 0 spiro atoms. The number of amides is 2. The molecule has 7 N–H and O–H groups in total. The molecule has 2 amide bonds. The Bertz CT molecular complexity index is 529. The zero-order chi connectivity index (χ0) is 14.6. The van der Waals surface area contributed by atoms with E-state index in [4.69, 9.17) is 16.6 Å². The van der Waals surface area contributed by atoms with Crippen LogP contribution in [0.2, 0.25) is 0 Å². The van der Waals surface area contributed by atoms with Crippen molar-refractivity contribution < 1.29 is 24.6 Å². The molecule has 8 nitrogen and oxygen atoms in total. The first-order valence-corrected chi connectivity index (χ1v) is 5.22. The van der Waals surface area contributed by atoms with Crippen molar-refractivity contribution in [1.82, 2.24) is 0 Å². The molecular weight excluding hydrogens is 254 g/mol. The highest BCUT2D eigenvalue weighted by Gasteiger charge is 2.17. The molecule has 0 saturated heterocycles. The van der Waals surface area contributed by atoms with E-state index in [9.17, 15) is 19.5 Å². The second-order valence-corrected chi connectivity index (χ2v) is 3.80. The third-order valence-electron chi connectivity index (χ3n) is 2.25.